The predicted octanol–water partition coefficient (Wildman–Crippen LogP) is 3.78. The fraction of sp³-hybridized carbons (Fsp3) is 0.588. The Labute approximate surface area is 146 Å². The quantitative estimate of drug-likeness (QED) is 0.727. The van der Waals surface area contributed by atoms with Gasteiger partial charge in [0, 0.05) is 18.2 Å². The van der Waals surface area contributed by atoms with E-state index in [2.05, 4.69) is 0 Å². The highest BCUT2D eigenvalue weighted by Crippen LogP contribution is 2.65. The first-order valence-electron chi connectivity index (χ1n) is 7.72. The Bertz CT molecular complexity index is 630. The zero-order valence-electron chi connectivity index (χ0n) is 13.6. The van der Waals surface area contributed by atoms with Crippen molar-refractivity contribution in [2.75, 3.05) is 14.2 Å². The van der Waals surface area contributed by atoms with Crippen LogP contribution in [-0.4, -0.2) is 35.4 Å². The molecule has 0 saturated heterocycles. The maximum atomic E-state index is 13.0. The van der Waals surface area contributed by atoms with Gasteiger partial charge in [0.05, 0.1) is 19.6 Å². The Morgan fingerprint density at radius 2 is 1.96 bits per heavy atom. The van der Waals surface area contributed by atoms with Crippen LogP contribution in [-0.2, 0) is 11.3 Å². The fourth-order valence-corrected chi connectivity index (χ4v) is 3.59. The molecule has 0 aromatic heterocycles. The van der Waals surface area contributed by atoms with Gasteiger partial charge in [-0.05, 0) is 44.4 Å². The minimum Gasteiger partial charge on any atom is -0.497 e. The summed E-state index contributed by atoms with van der Waals surface area (Å²) in [6.07, 6.45) is 2.54. The van der Waals surface area contributed by atoms with Crippen LogP contribution in [0.4, 0.5) is 0 Å². The highest BCUT2D eigenvalue weighted by Gasteiger charge is 2.69. The van der Waals surface area contributed by atoms with Crippen molar-refractivity contribution >= 4 is 29.1 Å². The van der Waals surface area contributed by atoms with Crippen LogP contribution in [0, 0.1) is 5.41 Å². The standard InChI is InChI=1S/C17H21Cl2NO3/c1-16(10-17(16,18)19)15(21)20(12-4-5-12)9-11-8-13(22-2)6-7-14(11)23-3/h6-8,12H,4-5,9-10H2,1-3H3. The normalized spacial score (nSPS) is 24.9. The molecule has 1 aromatic carbocycles. The molecule has 23 heavy (non-hydrogen) atoms. The van der Waals surface area contributed by atoms with Crippen LogP contribution in [0.25, 0.3) is 0 Å². The van der Waals surface area contributed by atoms with Gasteiger partial charge in [0.25, 0.3) is 0 Å². The number of carbonyl (C=O) groups excluding carboxylic acids is 1. The van der Waals surface area contributed by atoms with E-state index in [1.807, 2.05) is 30.0 Å². The fourth-order valence-electron chi connectivity index (χ4n) is 2.89. The van der Waals surface area contributed by atoms with E-state index in [4.69, 9.17) is 32.7 Å². The topological polar surface area (TPSA) is 38.8 Å². The molecule has 0 radical (unpaired) electrons. The third-order valence-electron chi connectivity index (χ3n) is 4.81. The second kappa shape index (κ2) is 5.75. The van der Waals surface area contributed by atoms with Crippen molar-refractivity contribution in [1.29, 1.82) is 0 Å². The summed E-state index contributed by atoms with van der Waals surface area (Å²) in [5.41, 5.74) is 0.233. The molecule has 0 aliphatic heterocycles. The van der Waals surface area contributed by atoms with Crippen LogP contribution in [0.2, 0.25) is 0 Å². The number of halogens is 2. The van der Waals surface area contributed by atoms with Crippen LogP contribution in [0.15, 0.2) is 18.2 Å². The predicted molar refractivity (Wildman–Crippen MR) is 90.3 cm³/mol. The van der Waals surface area contributed by atoms with E-state index in [0.717, 1.165) is 29.9 Å². The summed E-state index contributed by atoms with van der Waals surface area (Å²) in [6, 6.07) is 5.87. The van der Waals surface area contributed by atoms with Gasteiger partial charge in [-0.1, -0.05) is 0 Å². The van der Waals surface area contributed by atoms with E-state index in [1.54, 1.807) is 14.2 Å². The Hall–Kier alpha value is -1.13. The zero-order chi connectivity index (χ0) is 16.8. The summed E-state index contributed by atoms with van der Waals surface area (Å²) in [5, 5.41) is 0. The number of benzene rings is 1. The van der Waals surface area contributed by atoms with Crippen LogP contribution in [0.5, 0.6) is 11.5 Å². The molecule has 1 unspecified atom stereocenters. The van der Waals surface area contributed by atoms with Crippen LogP contribution < -0.4 is 9.47 Å². The maximum Gasteiger partial charge on any atom is 0.232 e. The summed E-state index contributed by atoms with van der Waals surface area (Å²) < 4.78 is 9.76. The summed E-state index contributed by atoms with van der Waals surface area (Å²) in [7, 11) is 3.25. The summed E-state index contributed by atoms with van der Waals surface area (Å²) in [4.78, 5) is 14.9. The van der Waals surface area contributed by atoms with Gasteiger partial charge in [0.15, 0.2) is 0 Å². The lowest BCUT2D eigenvalue weighted by Gasteiger charge is -2.27. The Kier molecular flexibility index (Phi) is 4.18. The number of hydrogen-bond acceptors (Lipinski definition) is 3. The summed E-state index contributed by atoms with van der Waals surface area (Å²) in [6.45, 7) is 2.32. The van der Waals surface area contributed by atoms with Crippen LogP contribution >= 0.6 is 23.2 Å². The molecule has 6 heteroatoms. The number of carbonyl (C=O) groups is 1. The number of amides is 1. The Morgan fingerprint density at radius 3 is 2.43 bits per heavy atom. The van der Waals surface area contributed by atoms with Crippen molar-refractivity contribution in [3.8, 4) is 11.5 Å². The molecule has 0 heterocycles. The first-order chi connectivity index (χ1) is 10.8. The van der Waals surface area contributed by atoms with E-state index in [0.29, 0.717) is 13.0 Å². The average Bonchev–Trinajstić information content (AvgIpc) is 3.42. The molecule has 1 aromatic rings. The van der Waals surface area contributed by atoms with Gasteiger partial charge >= 0.3 is 0 Å². The second-order valence-corrected chi connectivity index (χ2v) is 8.04. The van der Waals surface area contributed by atoms with E-state index in [1.165, 1.54) is 0 Å². The third kappa shape index (κ3) is 2.99. The first-order valence-corrected chi connectivity index (χ1v) is 8.48. The molecule has 2 fully saturated rings. The molecule has 126 valence electrons. The molecule has 4 nitrogen and oxygen atoms in total. The van der Waals surface area contributed by atoms with Gasteiger partial charge in [-0.3, -0.25) is 4.79 Å². The first kappa shape index (κ1) is 16.7. The molecular weight excluding hydrogens is 337 g/mol. The highest BCUT2D eigenvalue weighted by atomic mass is 35.5. The van der Waals surface area contributed by atoms with Crippen molar-refractivity contribution < 1.29 is 14.3 Å². The Morgan fingerprint density at radius 1 is 1.30 bits per heavy atom. The zero-order valence-corrected chi connectivity index (χ0v) is 15.1. The molecule has 2 saturated carbocycles. The van der Waals surface area contributed by atoms with Crippen LogP contribution in [0.3, 0.4) is 0 Å². The van der Waals surface area contributed by atoms with Crippen molar-refractivity contribution in [1.82, 2.24) is 4.90 Å². The number of methoxy groups -OCH3 is 2. The third-order valence-corrected chi connectivity index (χ3v) is 5.91. The van der Waals surface area contributed by atoms with E-state index < -0.39 is 9.75 Å². The molecule has 1 atom stereocenters. The van der Waals surface area contributed by atoms with E-state index >= 15 is 0 Å². The minimum atomic E-state index is -0.949. The Balaban J connectivity index is 1.85. The SMILES string of the molecule is COc1ccc(OC)c(CN(C(=O)C2(C)CC2(Cl)Cl)C2CC2)c1. The lowest BCUT2D eigenvalue weighted by molar-refractivity contribution is -0.137. The lowest BCUT2D eigenvalue weighted by Crippen LogP contribution is -2.39. The molecule has 3 rings (SSSR count). The number of nitrogens with zero attached hydrogens (tertiary/aromatic N) is 1. The minimum absolute atomic E-state index is 0.0230. The molecular formula is C17H21Cl2NO3. The van der Waals surface area contributed by atoms with Gasteiger partial charge in [-0.15, -0.1) is 23.2 Å². The van der Waals surface area contributed by atoms with Crippen molar-refractivity contribution in [2.45, 2.75) is 43.1 Å². The average molecular weight is 358 g/mol. The van der Waals surface area contributed by atoms with Crippen molar-refractivity contribution in [3.63, 3.8) is 0 Å². The molecule has 0 bridgehead atoms. The molecule has 2 aliphatic rings. The van der Waals surface area contributed by atoms with Gasteiger partial charge in [-0.2, -0.15) is 0 Å². The largest absolute Gasteiger partial charge is 0.497 e. The van der Waals surface area contributed by atoms with Gasteiger partial charge < -0.3 is 14.4 Å². The van der Waals surface area contributed by atoms with Gasteiger partial charge in [0.2, 0.25) is 5.91 Å². The highest BCUT2D eigenvalue weighted by molar-refractivity contribution is 6.53. The van der Waals surface area contributed by atoms with Crippen LogP contribution in [0.1, 0.15) is 31.7 Å². The van der Waals surface area contributed by atoms with E-state index in [-0.39, 0.29) is 11.9 Å². The molecule has 0 spiro atoms. The smallest absolute Gasteiger partial charge is 0.232 e. The lowest BCUT2D eigenvalue weighted by atomic mass is 10.1. The van der Waals surface area contributed by atoms with E-state index in [9.17, 15) is 4.79 Å². The molecule has 0 N–H and O–H groups in total. The monoisotopic (exact) mass is 357 g/mol. The summed E-state index contributed by atoms with van der Waals surface area (Å²) >= 11 is 12.4. The maximum absolute atomic E-state index is 13.0. The second-order valence-electron chi connectivity index (χ2n) is 6.56. The number of alkyl halides is 2. The molecule has 2 aliphatic carbocycles. The summed E-state index contributed by atoms with van der Waals surface area (Å²) in [5.74, 6) is 1.51. The van der Waals surface area contributed by atoms with Gasteiger partial charge in [0.1, 0.15) is 15.8 Å². The number of rotatable bonds is 6. The number of hydrogen-bond donors (Lipinski definition) is 0. The van der Waals surface area contributed by atoms with Crippen molar-refractivity contribution in [3.05, 3.63) is 23.8 Å². The van der Waals surface area contributed by atoms with Crippen molar-refractivity contribution in [2.24, 2.45) is 5.41 Å². The molecule has 1 amide bonds. The number of ether oxygens (including phenoxy) is 2. The van der Waals surface area contributed by atoms with Gasteiger partial charge in [-0.25, -0.2) is 0 Å².